The lowest BCUT2D eigenvalue weighted by molar-refractivity contribution is -0.132. The molecular weight excluding hydrogens is 448 g/mol. The van der Waals surface area contributed by atoms with Crippen molar-refractivity contribution >= 4 is 39.8 Å². The van der Waals surface area contributed by atoms with E-state index < -0.39 is 5.97 Å². The average molecular weight is 471 g/mol. The van der Waals surface area contributed by atoms with Crippen LogP contribution >= 0.6 is 15.9 Å². The summed E-state index contributed by atoms with van der Waals surface area (Å²) in [7, 11) is 0. The number of rotatable bonds is 5. The van der Waals surface area contributed by atoms with Crippen LogP contribution in [0.2, 0.25) is 0 Å². The van der Waals surface area contributed by atoms with Gasteiger partial charge in [0.25, 0.3) is 5.91 Å². The summed E-state index contributed by atoms with van der Waals surface area (Å²) in [4.78, 5) is 37.8. The van der Waals surface area contributed by atoms with Crippen LogP contribution in [0.3, 0.4) is 0 Å². The van der Waals surface area contributed by atoms with Gasteiger partial charge in [-0.3, -0.25) is 14.4 Å². The molecule has 6 nitrogen and oxygen atoms in total. The number of amides is 2. The van der Waals surface area contributed by atoms with E-state index in [0.717, 1.165) is 10.0 Å². The highest BCUT2D eigenvalue weighted by atomic mass is 79.9. The summed E-state index contributed by atoms with van der Waals surface area (Å²) < 4.78 is 5.96. The number of esters is 1. The molecule has 2 amide bonds. The smallest absolute Gasteiger partial charge is 0.308 e. The highest BCUT2D eigenvalue weighted by Gasteiger charge is 2.23. The molecule has 0 spiro atoms. The largest absolute Gasteiger partial charge is 0.427 e. The third-order valence-electron chi connectivity index (χ3n) is 4.81. The molecular formula is C23H23BrN2O4. The van der Waals surface area contributed by atoms with E-state index in [9.17, 15) is 14.4 Å². The van der Waals surface area contributed by atoms with Crippen molar-refractivity contribution in [1.82, 2.24) is 10.2 Å². The number of nitrogens with one attached hydrogen (secondary N) is 1. The minimum Gasteiger partial charge on any atom is -0.427 e. The quantitative estimate of drug-likeness (QED) is 0.409. The third-order valence-corrected chi connectivity index (χ3v) is 5.53. The molecule has 156 valence electrons. The number of benzene rings is 2. The minimum atomic E-state index is -0.432. The summed E-state index contributed by atoms with van der Waals surface area (Å²) in [6.07, 6.45) is 4.75. The molecule has 0 aromatic heterocycles. The van der Waals surface area contributed by atoms with E-state index in [0.29, 0.717) is 37.2 Å². The van der Waals surface area contributed by atoms with Gasteiger partial charge in [0.2, 0.25) is 5.91 Å². The molecule has 1 fully saturated rings. The summed E-state index contributed by atoms with van der Waals surface area (Å²) in [5.41, 5.74) is 1.38. The molecule has 1 heterocycles. The fraction of sp³-hybridized carbons (Fsp3) is 0.261. The van der Waals surface area contributed by atoms with Crippen molar-refractivity contribution in [3.05, 3.63) is 70.2 Å². The Hall–Kier alpha value is -2.93. The summed E-state index contributed by atoms with van der Waals surface area (Å²) in [5.74, 6) is -0.349. The molecule has 1 aliphatic rings. The number of hydrogen-bond donors (Lipinski definition) is 1. The van der Waals surface area contributed by atoms with E-state index in [-0.39, 0.29) is 17.9 Å². The first kappa shape index (κ1) is 21.8. The second-order valence-electron chi connectivity index (χ2n) is 7.05. The second kappa shape index (κ2) is 10.2. The van der Waals surface area contributed by atoms with Crippen molar-refractivity contribution in [1.29, 1.82) is 0 Å². The summed E-state index contributed by atoms with van der Waals surface area (Å²) in [5, 5.41) is 3.00. The van der Waals surface area contributed by atoms with Crippen LogP contribution in [-0.2, 0) is 9.59 Å². The van der Waals surface area contributed by atoms with Gasteiger partial charge in [0, 0.05) is 42.2 Å². The Morgan fingerprint density at radius 2 is 1.83 bits per heavy atom. The van der Waals surface area contributed by atoms with Gasteiger partial charge in [-0.2, -0.15) is 0 Å². The first-order valence-electron chi connectivity index (χ1n) is 9.73. The van der Waals surface area contributed by atoms with Crippen LogP contribution in [0, 0.1) is 0 Å². The van der Waals surface area contributed by atoms with Crippen LogP contribution in [-0.4, -0.2) is 41.8 Å². The van der Waals surface area contributed by atoms with Crippen molar-refractivity contribution in [3.63, 3.8) is 0 Å². The van der Waals surface area contributed by atoms with E-state index >= 15 is 0 Å². The number of ether oxygens (including phenoxy) is 1. The molecule has 0 aliphatic carbocycles. The van der Waals surface area contributed by atoms with E-state index in [1.807, 2.05) is 24.3 Å². The number of piperidine rings is 1. The van der Waals surface area contributed by atoms with E-state index in [4.69, 9.17) is 4.74 Å². The van der Waals surface area contributed by atoms with E-state index in [1.54, 1.807) is 41.3 Å². The predicted molar refractivity (Wildman–Crippen MR) is 118 cm³/mol. The van der Waals surface area contributed by atoms with Gasteiger partial charge >= 0.3 is 5.97 Å². The van der Waals surface area contributed by atoms with Gasteiger partial charge in [-0.15, -0.1) is 0 Å². The SMILES string of the molecule is CC(=O)Oc1cccc(C(=O)NC2CCN(C(=O)/C=C/c3ccccc3Br)CC2)c1. The lowest BCUT2D eigenvalue weighted by atomic mass is 10.0. The second-order valence-corrected chi connectivity index (χ2v) is 7.90. The summed E-state index contributed by atoms with van der Waals surface area (Å²) in [6, 6.07) is 14.2. The monoisotopic (exact) mass is 470 g/mol. The lowest BCUT2D eigenvalue weighted by Crippen LogP contribution is -2.46. The Morgan fingerprint density at radius 1 is 1.10 bits per heavy atom. The molecule has 1 saturated heterocycles. The summed E-state index contributed by atoms with van der Waals surface area (Å²) in [6.45, 7) is 2.48. The van der Waals surface area contributed by atoms with Gasteiger partial charge in [0.05, 0.1) is 0 Å². The zero-order chi connectivity index (χ0) is 21.5. The molecule has 0 bridgehead atoms. The van der Waals surface area contributed by atoms with Gasteiger partial charge in [0.1, 0.15) is 5.75 Å². The van der Waals surface area contributed by atoms with Crippen molar-refractivity contribution < 1.29 is 19.1 Å². The van der Waals surface area contributed by atoms with Gasteiger partial charge in [-0.1, -0.05) is 40.2 Å². The molecule has 1 aliphatic heterocycles. The van der Waals surface area contributed by atoms with Crippen LogP contribution in [0.25, 0.3) is 6.08 Å². The average Bonchev–Trinajstić information content (AvgIpc) is 2.73. The highest BCUT2D eigenvalue weighted by Crippen LogP contribution is 2.18. The van der Waals surface area contributed by atoms with Crippen LogP contribution in [0.5, 0.6) is 5.75 Å². The van der Waals surface area contributed by atoms with Crippen LogP contribution in [0.1, 0.15) is 35.7 Å². The number of carbonyl (C=O) groups is 3. The molecule has 3 rings (SSSR count). The first-order valence-corrected chi connectivity index (χ1v) is 10.5. The number of halogens is 1. The highest BCUT2D eigenvalue weighted by molar-refractivity contribution is 9.10. The maximum Gasteiger partial charge on any atom is 0.308 e. The lowest BCUT2D eigenvalue weighted by Gasteiger charge is -2.31. The van der Waals surface area contributed by atoms with Crippen molar-refractivity contribution in [2.75, 3.05) is 13.1 Å². The Balaban J connectivity index is 1.50. The zero-order valence-corrected chi connectivity index (χ0v) is 18.2. The van der Waals surface area contributed by atoms with Crippen molar-refractivity contribution in [3.8, 4) is 5.75 Å². The number of hydrogen-bond acceptors (Lipinski definition) is 4. The Labute approximate surface area is 184 Å². The first-order chi connectivity index (χ1) is 14.4. The minimum absolute atomic E-state index is 0.00817. The number of likely N-dealkylation sites (tertiary alicyclic amines) is 1. The maximum atomic E-state index is 12.5. The zero-order valence-electron chi connectivity index (χ0n) is 16.6. The molecule has 1 N–H and O–H groups in total. The molecule has 0 radical (unpaired) electrons. The topological polar surface area (TPSA) is 75.7 Å². The van der Waals surface area contributed by atoms with Crippen LogP contribution in [0.15, 0.2) is 59.1 Å². The molecule has 0 atom stereocenters. The van der Waals surface area contributed by atoms with Gasteiger partial charge < -0.3 is 15.0 Å². The van der Waals surface area contributed by atoms with Crippen molar-refractivity contribution in [2.24, 2.45) is 0 Å². The van der Waals surface area contributed by atoms with Gasteiger partial charge in [0.15, 0.2) is 0 Å². The predicted octanol–water partition coefficient (Wildman–Crippen LogP) is 3.81. The molecule has 7 heteroatoms. The molecule has 0 saturated carbocycles. The van der Waals surface area contributed by atoms with E-state index in [2.05, 4.69) is 21.2 Å². The third kappa shape index (κ3) is 6.03. The van der Waals surface area contributed by atoms with Gasteiger partial charge in [-0.25, -0.2) is 0 Å². The van der Waals surface area contributed by atoms with Crippen molar-refractivity contribution in [2.45, 2.75) is 25.8 Å². The van der Waals surface area contributed by atoms with Crippen LogP contribution in [0.4, 0.5) is 0 Å². The molecule has 2 aromatic rings. The molecule has 0 unspecified atom stereocenters. The number of nitrogens with zero attached hydrogens (tertiary/aromatic N) is 1. The molecule has 30 heavy (non-hydrogen) atoms. The number of carbonyl (C=O) groups excluding carboxylic acids is 3. The fourth-order valence-electron chi connectivity index (χ4n) is 3.26. The standard InChI is InChI=1S/C23H23BrN2O4/c1-16(27)30-20-7-4-6-18(15-20)23(29)25-19-11-13-26(14-12-19)22(28)10-9-17-5-2-3-8-21(17)24/h2-10,15,19H,11-14H2,1H3,(H,25,29)/b10-9+. The summed E-state index contributed by atoms with van der Waals surface area (Å²) >= 11 is 3.47. The van der Waals surface area contributed by atoms with Gasteiger partial charge in [-0.05, 0) is 48.7 Å². The normalized spacial score (nSPS) is 14.5. The van der Waals surface area contributed by atoms with E-state index in [1.165, 1.54) is 6.92 Å². The Bertz CT molecular complexity index is 965. The fourth-order valence-corrected chi connectivity index (χ4v) is 3.67. The van der Waals surface area contributed by atoms with Crippen LogP contribution < -0.4 is 10.1 Å². The maximum absolute atomic E-state index is 12.5. The Kier molecular flexibility index (Phi) is 7.41. The Morgan fingerprint density at radius 3 is 2.53 bits per heavy atom. The molecule has 2 aromatic carbocycles.